The molecule has 0 aromatic heterocycles. The van der Waals surface area contributed by atoms with Gasteiger partial charge in [0, 0.05) is 46.3 Å². The van der Waals surface area contributed by atoms with Crippen molar-refractivity contribution in [3.05, 3.63) is 12.7 Å². The highest BCUT2D eigenvalue weighted by molar-refractivity contribution is 5.82. The van der Waals surface area contributed by atoms with Crippen LogP contribution < -0.4 is 0 Å². The Bertz CT molecular complexity index is 691. The SMILES string of the molecule is C=CCN1CCN(C(C(=O)N(C)CCC2CC(C(F)(F)F)CC(C(F)(F)F)C2)C2CCCCC2)CC1. The summed E-state index contributed by atoms with van der Waals surface area (Å²) in [4.78, 5) is 19.8. The largest absolute Gasteiger partial charge is 0.391 e. The van der Waals surface area contributed by atoms with E-state index in [0.717, 1.165) is 64.8 Å². The molecule has 3 unspecified atom stereocenters. The fourth-order valence-corrected chi connectivity index (χ4v) is 6.43. The Hall–Kier alpha value is -1.29. The van der Waals surface area contributed by atoms with E-state index in [1.807, 2.05) is 6.08 Å². The van der Waals surface area contributed by atoms with E-state index in [0.29, 0.717) is 0 Å². The molecule has 0 bridgehead atoms. The van der Waals surface area contributed by atoms with Gasteiger partial charge in [-0.2, -0.15) is 26.3 Å². The average molecular weight is 526 g/mol. The number of carbonyl (C=O) groups excluding carboxylic acids is 1. The third-order valence-electron chi connectivity index (χ3n) is 8.52. The van der Waals surface area contributed by atoms with Gasteiger partial charge >= 0.3 is 12.4 Å². The Morgan fingerprint density at radius 2 is 1.50 bits per heavy atom. The third kappa shape index (κ3) is 7.85. The van der Waals surface area contributed by atoms with Gasteiger partial charge in [0.15, 0.2) is 0 Å². The number of piperazine rings is 1. The third-order valence-corrected chi connectivity index (χ3v) is 8.52. The topological polar surface area (TPSA) is 26.8 Å². The summed E-state index contributed by atoms with van der Waals surface area (Å²) >= 11 is 0. The molecule has 3 aliphatic rings. The highest BCUT2D eigenvalue weighted by Gasteiger charge is 2.51. The first-order valence-corrected chi connectivity index (χ1v) is 13.4. The minimum atomic E-state index is -4.64. The summed E-state index contributed by atoms with van der Waals surface area (Å²) in [5.74, 6) is -4.40. The van der Waals surface area contributed by atoms with Crippen molar-refractivity contribution in [3.8, 4) is 0 Å². The lowest BCUT2D eigenvalue weighted by atomic mass is 9.73. The Kier molecular flexibility index (Phi) is 10.2. The highest BCUT2D eigenvalue weighted by atomic mass is 19.4. The molecule has 1 amide bonds. The predicted molar refractivity (Wildman–Crippen MR) is 127 cm³/mol. The van der Waals surface area contributed by atoms with Crippen molar-refractivity contribution in [3.63, 3.8) is 0 Å². The molecular formula is C26H41F6N3O. The van der Waals surface area contributed by atoms with E-state index in [4.69, 9.17) is 0 Å². The smallest absolute Gasteiger partial charge is 0.344 e. The summed E-state index contributed by atoms with van der Waals surface area (Å²) < 4.78 is 80.1. The summed E-state index contributed by atoms with van der Waals surface area (Å²) in [6.45, 7) is 7.97. The van der Waals surface area contributed by atoms with Gasteiger partial charge in [-0.1, -0.05) is 25.3 Å². The van der Waals surface area contributed by atoms with Gasteiger partial charge in [-0.05, 0) is 50.4 Å². The summed E-state index contributed by atoms with van der Waals surface area (Å²) in [6, 6.07) is -0.279. The summed E-state index contributed by atoms with van der Waals surface area (Å²) in [7, 11) is 1.65. The van der Waals surface area contributed by atoms with Crippen molar-refractivity contribution < 1.29 is 31.1 Å². The molecule has 36 heavy (non-hydrogen) atoms. The van der Waals surface area contributed by atoms with Crippen LogP contribution in [0.2, 0.25) is 0 Å². The van der Waals surface area contributed by atoms with E-state index in [-0.39, 0.29) is 43.7 Å². The van der Waals surface area contributed by atoms with Crippen LogP contribution in [0, 0.1) is 23.7 Å². The molecule has 2 aliphatic carbocycles. The summed E-state index contributed by atoms with van der Waals surface area (Å²) in [5.41, 5.74) is 0. The quantitative estimate of drug-likeness (QED) is 0.299. The molecule has 4 nitrogen and oxygen atoms in total. The number of alkyl halides is 6. The van der Waals surface area contributed by atoms with Crippen molar-refractivity contribution in [1.82, 2.24) is 14.7 Å². The standard InChI is InChI=1S/C26H41F6N3O/c1-3-10-34-12-14-35(15-13-34)23(20-7-5-4-6-8-20)24(36)33(2)11-9-19-16-21(25(27,28)29)18-22(17-19)26(30,31)32/h3,19-23H,1,4-18H2,2H3. The molecule has 3 fully saturated rings. The van der Waals surface area contributed by atoms with Crippen LogP contribution in [-0.4, -0.2) is 85.3 Å². The molecule has 1 saturated heterocycles. The maximum atomic E-state index is 13.7. The van der Waals surface area contributed by atoms with Gasteiger partial charge in [0.1, 0.15) is 0 Å². The molecule has 1 aliphatic heterocycles. The second-order valence-electron chi connectivity index (χ2n) is 11.1. The number of rotatable bonds is 8. The van der Waals surface area contributed by atoms with Gasteiger partial charge in [0.2, 0.25) is 5.91 Å². The van der Waals surface area contributed by atoms with Crippen LogP contribution in [0.1, 0.15) is 57.8 Å². The number of halogens is 6. The van der Waals surface area contributed by atoms with Crippen LogP contribution in [-0.2, 0) is 4.79 Å². The van der Waals surface area contributed by atoms with Gasteiger partial charge in [-0.15, -0.1) is 6.58 Å². The molecule has 0 aromatic rings. The fourth-order valence-electron chi connectivity index (χ4n) is 6.43. The normalized spacial score (nSPS) is 28.6. The molecule has 0 radical (unpaired) electrons. The molecule has 2 saturated carbocycles. The minimum Gasteiger partial charge on any atom is -0.344 e. The van der Waals surface area contributed by atoms with Crippen molar-refractivity contribution in [1.29, 1.82) is 0 Å². The second kappa shape index (κ2) is 12.5. The zero-order valence-corrected chi connectivity index (χ0v) is 21.3. The second-order valence-corrected chi connectivity index (χ2v) is 11.1. The number of likely N-dealkylation sites (N-methyl/N-ethyl adjacent to an activating group) is 1. The van der Waals surface area contributed by atoms with E-state index in [2.05, 4.69) is 16.4 Å². The molecule has 1 heterocycles. The lowest BCUT2D eigenvalue weighted by Gasteiger charge is -2.43. The predicted octanol–water partition coefficient (Wildman–Crippen LogP) is 5.74. The van der Waals surface area contributed by atoms with Crippen LogP contribution in [0.4, 0.5) is 26.3 Å². The van der Waals surface area contributed by atoms with E-state index < -0.39 is 36.5 Å². The fraction of sp³-hybridized carbons (Fsp3) is 0.885. The lowest BCUT2D eigenvalue weighted by molar-refractivity contribution is -0.229. The average Bonchev–Trinajstić information content (AvgIpc) is 2.83. The Labute approximate surface area is 211 Å². The molecule has 208 valence electrons. The van der Waals surface area contributed by atoms with Gasteiger partial charge in [0.05, 0.1) is 17.9 Å². The monoisotopic (exact) mass is 525 g/mol. The molecule has 3 atom stereocenters. The van der Waals surface area contributed by atoms with Crippen molar-refractivity contribution in [2.45, 2.75) is 76.2 Å². The number of amides is 1. The van der Waals surface area contributed by atoms with Gasteiger partial charge in [-0.25, -0.2) is 0 Å². The summed E-state index contributed by atoms with van der Waals surface area (Å²) in [6.07, 6.45) is -3.47. The van der Waals surface area contributed by atoms with Gasteiger partial charge in [-0.3, -0.25) is 14.6 Å². The lowest BCUT2D eigenvalue weighted by Crippen LogP contribution is -2.58. The van der Waals surface area contributed by atoms with Gasteiger partial charge < -0.3 is 4.90 Å². The first-order chi connectivity index (χ1) is 16.9. The maximum absolute atomic E-state index is 13.7. The Balaban J connectivity index is 1.64. The number of hydrogen-bond acceptors (Lipinski definition) is 3. The zero-order chi connectivity index (χ0) is 26.5. The highest BCUT2D eigenvalue weighted by Crippen LogP contribution is 2.48. The first-order valence-electron chi connectivity index (χ1n) is 13.4. The Morgan fingerprint density at radius 1 is 0.944 bits per heavy atom. The van der Waals surface area contributed by atoms with E-state index >= 15 is 0 Å². The van der Waals surface area contributed by atoms with E-state index in [9.17, 15) is 31.1 Å². The number of hydrogen-bond donors (Lipinski definition) is 0. The maximum Gasteiger partial charge on any atom is 0.391 e. The molecule has 0 aromatic carbocycles. The van der Waals surface area contributed by atoms with Crippen molar-refractivity contribution in [2.75, 3.05) is 46.3 Å². The Morgan fingerprint density at radius 3 is 2.00 bits per heavy atom. The van der Waals surface area contributed by atoms with Crippen LogP contribution in [0.15, 0.2) is 12.7 Å². The van der Waals surface area contributed by atoms with Crippen molar-refractivity contribution in [2.24, 2.45) is 23.7 Å². The molecule has 10 heteroatoms. The van der Waals surface area contributed by atoms with Crippen LogP contribution in [0.25, 0.3) is 0 Å². The van der Waals surface area contributed by atoms with Crippen LogP contribution in [0.3, 0.4) is 0 Å². The molecule has 3 rings (SSSR count). The molecule has 0 spiro atoms. The van der Waals surface area contributed by atoms with Crippen molar-refractivity contribution >= 4 is 5.91 Å². The van der Waals surface area contributed by atoms with Crippen LogP contribution >= 0.6 is 0 Å². The zero-order valence-electron chi connectivity index (χ0n) is 21.3. The number of nitrogens with zero attached hydrogens (tertiary/aromatic N) is 3. The first kappa shape index (κ1) is 29.3. The molecular weight excluding hydrogens is 484 g/mol. The van der Waals surface area contributed by atoms with E-state index in [1.165, 1.54) is 0 Å². The summed E-state index contributed by atoms with van der Waals surface area (Å²) in [5, 5.41) is 0. The van der Waals surface area contributed by atoms with Gasteiger partial charge in [0.25, 0.3) is 0 Å². The van der Waals surface area contributed by atoms with Crippen LogP contribution in [0.5, 0.6) is 0 Å². The minimum absolute atomic E-state index is 0.0466. The van der Waals surface area contributed by atoms with E-state index in [1.54, 1.807) is 11.9 Å². The number of carbonyl (C=O) groups is 1. The molecule has 0 N–H and O–H groups in total.